The fourth-order valence-electron chi connectivity index (χ4n) is 1.97. The predicted molar refractivity (Wildman–Crippen MR) is 62.1 cm³/mol. The van der Waals surface area contributed by atoms with Crippen LogP contribution in [0.2, 0.25) is 0 Å². The molecule has 1 unspecified atom stereocenters. The van der Waals surface area contributed by atoms with E-state index in [2.05, 4.69) is 0 Å². The minimum absolute atomic E-state index is 0.165. The van der Waals surface area contributed by atoms with E-state index in [-0.39, 0.29) is 13.0 Å². The lowest BCUT2D eigenvalue weighted by atomic mass is 10.1. The van der Waals surface area contributed by atoms with Crippen LogP contribution < -0.4 is 5.73 Å². The Balaban J connectivity index is 3.03. The molecule has 1 aliphatic rings. The Hall–Kier alpha value is -0.660. The Labute approximate surface area is 101 Å². The number of sulfone groups is 1. The molecule has 0 saturated carbocycles. The van der Waals surface area contributed by atoms with Crippen molar-refractivity contribution in [3.05, 3.63) is 0 Å². The molecule has 0 radical (unpaired) electrons. The van der Waals surface area contributed by atoms with Crippen LogP contribution in [0, 0.1) is 0 Å². The van der Waals surface area contributed by atoms with Gasteiger partial charge in [-0.15, -0.1) is 0 Å². The summed E-state index contributed by atoms with van der Waals surface area (Å²) in [6, 6.07) is 0. The molecule has 6 nitrogen and oxygen atoms in total. The van der Waals surface area contributed by atoms with Crippen molar-refractivity contribution in [2.75, 3.05) is 19.8 Å². The lowest BCUT2D eigenvalue weighted by Gasteiger charge is -2.32. The van der Waals surface area contributed by atoms with Gasteiger partial charge in [0.25, 0.3) is 0 Å². The Morgan fingerprint density at radius 3 is 2.41 bits per heavy atom. The lowest BCUT2D eigenvalue weighted by molar-refractivity contribution is -0.120. The van der Waals surface area contributed by atoms with Crippen molar-refractivity contribution in [1.82, 2.24) is 0 Å². The van der Waals surface area contributed by atoms with Gasteiger partial charge in [-0.3, -0.25) is 4.79 Å². The molecule has 1 heterocycles. The first-order valence-electron chi connectivity index (χ1n) is 5.58. The lowest BCUT2D eigenvalue weighted by Crippen LogP contribution is -2.53. The number of hydrogen-bond acceptors (Lipinski definition) is 5. The molecule has 0 bridgehead atoms. The normalized spacial score (nSPS) is 22.0. The molecule has 3 N–H and O–H groups in total. The van der Waals surface area contributed by atoms with E-state index < -0.39 is 25.7 Å². The number of carbonyl (C=O) groups excluding carboxylic acids is 1. The van der Waals surface area contributed by atoms with Crippen LogP contribution in [0.15, 0.2) is 0 Å². The van der Waals surface area contributed by atoms with E-state index in [9.17, 15) is 13.2 Å². The van der Waals surface area contributed by atoms with Gasteiger partial charge in [-0.1, -0.05) is 0 Å². The van der Waals surface area contributed by atoms with E-state index >= 15 is 0 Å². The molecule has 0 aromatic carbocycles. The smallest absolute Gasteiger partial charge is 0.238 e. The van der Waals surface area contributed by atoms with E-state index in [1.165, 1.54) is 6.92 Å². The number of aliphatic hydroxyl groups is 1. The molecule has 0 spiro atoms. The van der Waals surface area contributed by atoms with E-state index in [4.69, 9.17) is 15.6 Å². The molecule has 17 heavy (non-hydrogen) atoms. The van der Waals surface area contributed by atoms with Crippen LogP contribution in [-0.4, -0.2) is 49.2 Å². The standard InChI is InChI=1S/C10H19NO5S/c1-10(4-5-12,9(11)13)17(14,15)8-2-6-16-7-3-8/h8,12H,2-7H2,1H3,(H2,11,13). The maximum absolute atomic E-state index is 12.4. The van der Waals surface area contributed by atoms with Crippen LogP contribution in [0.25, 0.3) is 0 Å². The molecular weight excluding hydrogens is 246 g/mol. The van der Waals surface area contributed by atoms with E-state index in [0.29, 0.717) is 26.1 Å². The minimum Gasteiger partial charge on any atom is -0.396 e. The molecular formula is C10H19NO5S. The molecule has 7 heteroatoms. The first-order valence-corrected chi connectivity index (χ1v) is 7.13. The van der Waals surface area contributed by atoms with E-state index in [0.717, 1.165) is 0 Å². The van der Waals surface area contributed by atoms with E-state index in [1.807, 2.05) is 0 Å². The summed E-state index contributed by atoms with van der Waals surface area (Å²) in [7, 11) is -3.70. The maximum Gasteiger partial charge on any atom is 0.238 e. The second kappa shape index (κ2) is 5.32. The van der Waals surface area contributed by atoms with Gasteiger partial charge in [0.15, 0.2) is 9.84 Å². The van der Waals surface area contributed by atoms with Crippen LogP contribution >= 0.6 is 0 Å². The number of hydrogen-bond donors (Lipinski definition) is 2. The summed E-state index contributed by atoms with van der Waals surface area (Å²) < 4.78 is 28.2. The third-order valence-electron chi connectivity index (χ3n) is 3.35. The monoisotopic (exact) mass is 265 g/mol. The van der Waals surface area contributed by atoms with Crippen molar-refractivity contribution in [2.24, 2.45) is 5.73 Å². The van der Waals surface area contributed by atoms with Gasteiger partial charge in [-0.05, 0) is 26.2 Å². The molecule has 1 rings (SSSR count). The van der Waals surface area contributed by atoms with Crippen LogP contribution in [0.5, 0.6) is 0 Å². The van der Waals surface area contributed by atoms with Crippen molar-refractivity contribution < 1.29 is 23.1 Å². The molecule has 1 fully saturated rings. The summed E-state index contributed by atoms with van der Waals surface area (Å²) in [5, 5.41) is 8.30. The fraction of sp³-hybridized carbons (Fsp3) is 0.900. The maximum atomic E-state index is 12.4. The molecule has 1 aliphatic heterocycles. The van der Waals surface area contributed by atoms with Crippen molar-refractivity contribution in [3.8, 4) is 0 Å². The summed E-state index contributed by atoms with van der Waals surface area (Å²) in [5.41, 5.74) is 5.19. The van der Waals surface area contributed by atoms with Gasteiger partial charge in [-0.25, -0.2) is 8.42 Å². The second-order valence-corrected chi connectivity index (χ2v) is 7.08. The Kier molecular flexibility index (Phi) is 4.51. The molecule has 0 aromatic rings. The topological polar surface area (TPSA) is 107 Å². The Morgan fingerprint density at radius 2 is 2.00 bits per heavy atom. The van der Waals surface area contributed by atoms with Crippen molar-refractivity contribution in [2.45, 2.75) is 36.2 Å². The van der Waals surface area contributed by atoms with Crippen LogP contribution in [0.1, 0.15) is 26.2 Å². The van der Waals surface area contributed by atoms with Crippen molar-refractivity contribution in [1.29, 1.82) is 0 Å². The first-order chi connectivity index (χ1) is 7.86. The van der Waals surface area contributed by atoms with Crippen molar-refractivity contribution >= 4 is 15.7 Å². The third kappa shape index (κ3) is 2.61. The zero-order valence-electron chi connectivity index (χ0n) is 9.89. The van der Waals surface area contributed by atoms with Gasteiger partial charge in [-0.2, -0.15) is 0 Å². The highest BCUT2D eigenvalue weighted by Crippen LogP contribution is 2.30. The largest absolute Gasteiger partial charge is 0.396 e. The molecule has 1 saturated heterocycles. The Bertz CT molecular complexity index is 374. The van der Waals surface area contributed by atoms with Gasteiger partial charge in [0.1, 0.15) is 4.75 Å². The minimum atomic E-state index is -3.70. The van der Waals surface area contributed by atoms with Crippen LogP contribution in [-0.2, 0) is 19.4 Å². The first kappa shape index (κ1) is 14.4. The zero-order chi connectivity index (χ0) is 13.1. The Morgan fingerprint density at radius 1 is 1.47 bits per heavy atom. The number of amides is 1. The summed E-state index contributed by atoms with van der Waals surface area (Å²) in [6.07, 6.45) is 0.579. The second-order valence-electron chi connectivity index (χ2n) is 4.43. The molecule has 0 aliphatic carbocycles. The highest BCUT2D eigenvalue weighted by molar-refractivity contribution is 7.94. The average Bonchev–Trinajstić information content (AvgIpc) is 2.30. The highest BCUT2D eigenvalue weighted by atomic mass is 32.2. The number of primary amides is 1. The van der Waals surface area contributed by atoms with Crippen molar-refractivity contribution in [3.63, 3.8) is 0 Å². The van der Waals surface area contributed by atoms with Gasteiger partial charge >= 0.3 is 0 Å². The molecule has 1 amide bonds. The van der Waals surface area contributed by atoms with Crippen LogP contribution in [0.4, 0.5) is 0 Å². The van der Waals surface area contributed by atoms with Crippen LogP contribution in [0.3, 0.4) is 0 Å². The summed E-state index contributed by atoms with van der Waals surface area (Å²) in [4.78, 5) is 11.4. The molecule has 100 valence electrons. The average molecular weight is 265 g/mol. The number of carbonyl (C=O) groups is 1. The van der Waals surface area contributed by atoms with Gasteiger partial charge < -0.3 is 15.6 Å². The quantitative estimate of drug-likeness (QED) is 0.677. The number of aliphatic hydroxyl groups excluding tert-OH is 1. The zero-order valence-corrected chi connectivity index (χ0v) is 10.7. The van der Waals surface area contributed by atoms with E-state index in [1.54, 1.807) is 0 Å². The van der Waals surface area contributed by atoms with Gasteiger partial charge in [0.2, 0.25) is 5.91 Å². The summed E-state index contributed by atoms with van der Waals surface area (Å²) in [5.74, 6) is -0.905. The summed E-state index contributed by atoms with van der Waals surface area (Å²) >= 11 is 0. The highest BCUT2D eigenvalue weighted by Gasteiger charge is 2.48. The predicted octanol–water partition coefficient (Wildman–Crippen LogP) is -0.793. The number of rotatable bonds is 5. The van der Waals surface area contributed by atoms with Gasteiger partial charge in [0, 0.05) is 19.8 Å². The van der Waals surface area contributed by atoms with Gasteiger partial charge in [0.05, 0.1) is 5.25 Å². The number of nitrogens with two attached hydrogens (primary N) is 1. The summed E-state index contributed by atoms with van der Waals surface area (Å²) in [6.45, 7) is 1.65. The number of ether oxygens (including phenoxy) is 1. The SMILES string of the molecule is CC(CCO)(C(N)=O)S(=O)(=O)C1CCOCC1. The molecule has 1 atom stereocenters. The third-order valence-corrected chi connectivity index (χ3v) is 6.36. The molecule has 0 aromatic heterocycles. The fourth-order valence-corrected chi connectivity index (χ4v) is 4.18.